The molecule has 4 heteroatoms. The average molecular weight is 267 g/mol. The molecule has 3 rings (SSSR count). The van der Waals surface area contributed by atoms with E-state index in [9.17, 15) is 5.26 Å². The standard InChI is InChI=1S/C16H17N3O/c1-20-15-8-4-7-14(15)19-16-12(10-17)9-11-5-2-3-6-13(11)18-16/h2-3,5-6,9,14-15H,4,7-8H2,1H3,(H,18,19). The molecule has 1 aromatic heterocycles. The molecule has 2 aromatic rings. The summed E-state index contributed by atoms with van der Waals surface area (Å²) in [5.74, 6) is 0.667. The van der Waals surface area contributed by atoms with E-state index in [0.29, 0.717) is 11.4 Å². The van der Waals surface area contributed by atoms with Gasteiger partial charge in [0.25, 0.3) is 0 Å². The quantitative estimate of drug-likeness (QED) is 0.928. The molecule has 1 aliphatic carbocycles. The minimum Gasteiger partial charge on any atom is -0.379 e. The van der Waals surface area contributed by atoms with Crippen LogP contribution in [0.3, 0.4) is 0 Å². The third-order valence-electron chi connectivity index (χ3n) is 3.92. The van der Waals surface area contributed by atoms with Crippen LogP contribution in [-0.4, -0.2) is 24.2 Å². The first-order chi connectivity index (χ1) is 9.81. The molecule has 2 unspecified atom stereocenters. The maximum atomic E-state index is 9.31. The van der Waals surface area contributed by atoms with E-state index < -0.39 is 0 Å². The first-order valence-electron chi connectivity index (χ1n) is 6.91. The molecule has 1 N–H and O–H groups in total. The number of nitrogens with zero attached hydrogens (tertiary/aromatic N) is 2. The summed E-state index contributed by atoms with van der Waals surface area (Å²) in [5.41, 5.74) is 1.49. The summed E-state index contributed by atoms with van der Waals surface area (Å²) in [7, 11) is 1.74. The monoisotopic (exact) mass is 267 g/mol. The molecular weight excluding hydrogens is 250 g/mol. The average Bonchev–Trinajstić information content (AvgIpc) is 2.93. The van der Waals surface area contributed by atoms with Crippen LogP contribution in [-0.2, 0) is 4.74 Å². The lowest BCUT2D eigenvalue weighted by atomic mass is 10.1. The van der Waals surface area contributed by atoms with Gasteiger partial charge in [-0.05, 0) is 31.4 Å². The highest BCUT2D eigenvalue weighted by atomic mass is 16.5. The lowest BCUT2D eigenvalue weighted by Crippen LogP contribution is -2.30. The van der Waals surface area contributed by atoms with E-state index in [1.165, 1.54) is 0 Å². The van der Waals surface area contributed by atoms with Crippen molar-refractivity contribution in [2.45, 2.75) is 31.4 Å². The van der Waals surface area contributed by atoms with Crippen molar-refractivity contribution in [3.8, 4) is 6.07 Å². The molecule has 0 radical (unpaired) electrons. The predicted octanol–water partition coefficient (Wildman–Crippen LogP) is 3.09. The number of methoxy groups -OCH3 is 1. The van der Waals surface area contributed by atoms with Crippen molar-refractivity contribution in [2.75, 3.05) is 12.4 Å². The van der Waals surface area contributed by atoms with Crippen LogP contribution in [0, 0.1) is 11.3 Å². The Balaban J connectivity index is 1.96. The second-order valence-electron chi connectivity index (χ2n) is 5.14. The van der Waals surface area contributed by atoms with Gasteiger partial charge in [-0.25, -0.2) is 4.98 Å². The molecule has 102 valence electrons. The third kappa shape index (κ3) is 2.33. The summed E-state index contributed by atoms with van der Waals surface area (Å²) < 4.78 is 5.48. The third-order valence-corrected chi connectivity index (χ3v) is 3.92. The molecule has 1 heterocycles. The van der Waals surface area contributed by atoms with Gasteiger partial charge in [-0.2, -0.15) is 5.26 Å². The van der Waals surface area contributed by atoms with Crippen molar-refractivity contribution in [1.29, 1.82) is 5.26 Å². The highest BCUT2D eigenvalue weighted by molar-refractivity contribution is 5.82. The number of hydrogen-bond donors (Lipinski definition) is 1. The van der Waals surface area contributed by atoms with Crippen LogP contribution in [0.15, 0.2) is 30.3 Å². The van der Waals surface area contributed by atoms with Crippen molar-refractivity contribution in [3.63, 3.8) is 0 Å². The van der Waals surface area contributed by atoms with Crippen LogP contribution in [0.5, 0.6) is 0 Å². The molecule has 4 nitrogen and oxygen atoms in total. The van der Waals surface area contributed by atoms with Crippen molar-refractivity contribution in [3.05, 3.63) is 35.9 Å². The lowest BCUT2D eigenvalue weighted by Gasteiger charge is -2.21. The van der Waals surface area contributed by atoms with Crippen LogP contribution in [0.1, 0.15) is 24.8 Å². The number of nitriles is 1. The zero-order valence-electron chi connectivity index (χ0n) is 11.5. The zero-order valence-corrected chi connectivity index (χ0v) is 11.5. The Labute approximate surface area is 118 Å². The summed E-state index contributed by atoms with van der Waals surface area (Å²) in [6, 6.07) is 12.2. The molecule has 0 bridgehead atoms. The topological polar surface area (TPSA) is 57.9 Å². The molecule has 1 aromatic carbocycles. The molecule has 0 amide bonds. The van der Waals surface area contributed by atoms with Gasteiger partial charge in [-0.15, -0.1) is 0 Å². The van der Waals surface area contributed by atoms with Gasteiger partial charge in [-0.1, -0.05) is 18.2 Å². The molecular formula is C16H17N3O. The van der Waals surface area contributed by atoms with Crippen LogP contribution < -0.4 is 5.32 Å². The zero-order chi connectivity index (χ0) is 13.9. The number of hydrogen-bond acceptors (Lipinski definition) is 4. The smallest absolute Gasteiger partial charge is 0.144 e. The number of nitrogens with one attached hydrogen (secondary N) is 1. The fraction of sp³-hybridized carbons (Fsp3) is 0.375. The summed E-state index contributed by atoms with van der Waals surface area (Å²) in [6.45, 7) is 0. The van der Waals surface area contributed by atoms with Crippen LogP contribution in [0.2, 0.25) is 0 Å². The van der Waals surface area contributed by atoms with E-state index in [1.54, 1.807) is 7.11 Å². The number of fused-ring (bicyclic) bond motifs is 1. The number of benzene rings is 1. The van der Waals surface area contributed by atoms with Gasteiger partial charge >= 0.3 is 0 Å². The Hall–Kier alpha value is -2.12. The second-order valence-corrected chi connectivity index (χ2v) is 5.14. The molecule has 0 saturated heterocycles. The van der Waals surface area contributed by atoms with E-state index >= 15 is 0 Å². The predicted molar refractivity (Wildman–Crippen MR) is 78.5 cm³/mol. The Bertz CT molecular complexity index is 662. The van der Waals surface area contributed by atoms with Crippen LogP contribution in [0.25, 0.3) is 10.9 Å². The number of para-hydroxylation sites is 1. The van der Waals surface area contributed by atoms with E-state index in [2.05, 4.69) is 16.4 Å². The minimum atomic E-state index is 0.204. The fourth-order valence-corrected chi connectivity index (χ4v) is 2.86. The Kier molecular flexibility index (Phi) is 3.53. The highest BCUT2D eigenvalue weighted by Crippen LogP contribution is 2.27. The van der Waals surface area contributed by atoms with Gasteiger partial charge in [-0.3, -0.25) is 0 Å². The summed E-state index contributed by atoms with van der Waals surface area (Å²) in [4.78, 5) is 4.59. The fourth-order valence-electron chi connectivity index (χ4n) is 2.86. The van der Waals surface area contributed by atoms with E-state index in [1.807, 2.05) is 30.3 Å². The summed E-state index contributed by atoms with van der Waals surface area (Å²) in [6.07, 6.45) is 3.46. The summed E-state index contributed by atoms with van der Waals surface area (Å²) in [5, 5.41) is 13.7. The molecule has 1 saturated carbocycles. The Morgan fingerprint density at radius 2 is 2.20 bits per heavy atom. The maximum absolute atomic E-state index is 9.31. The molecule has 0 aliphatic heterocycles. The first-order valence-corrected chi connectivity index (χ1v) is 6.91. The van der Waals surface area contributed by atoms with Gasteiger partial charge in [0.15, 0.2) is 0 Å². The number of aromatic nitrogens is 1. The van der Waals surface area contributed by atoms with Gasteiger partial charge < -0.3 is 10.1 Å². The van der Waals surface area contributed by atoms with Crippen molar-refractivity contribution in [2.24, 2.45) is 0 Å². The number of pyridine rings is 1. The molecule has 20 heavy (non-hydrogen) atoms. The van der Waals surface area contributed by atoms with Crippen molar-refractivity contribution in [1.82, 2.24) is 4.98 Å². The summed E-state index contributed by atoms with van der Waals surface area (Å²) >= 11 is 0. The van der Waals surface area contributed by atoms with Gasteiger partial charge in [0, 0.05) is 12.5 Å². The Morgan fingerprint density at radius 3 is 3.00 bits per heavy atom. The minimum absolute atomic E-state index is 0.204. The lowest BCUT2D eigenvalue weighted by molar-refractivity contribution is 0.101. The van der Waals surface area contributed by atoms with Gasteiger partial charge in [0.05, 0.1) is 23.2 Å². The maximum Gasteiger partial charge on any atom is 0.144 e. The van der Waals surface area contributed by atoms with E-state index in [4.69, 9.17) is 4.74 Å². The Morgan fingerprint density at radius 1 is 1.35 bits per heavy atom. The van der Waals surface area contributed by atoms with Crippen molar-refractivity contribution >= 4 is 16.7 Å². The number of ether oxygens (including phenoxy) is 1. The van der Waals surface area contributed by atoms with Crippen LogP contribution in [0.4, 0.5) is 5.82 Å². The second kappa shape index (κ2) is 5.48. The largest absolute Gasteiger partial charge is 0.379 e. The molecule has 0 spiro atoms. The van der Waals surface area contributed by atoms with E-state index in [0.717, 1.165) is 30.2 Å². The molecule has 1 aliphatic rings. The van der Waals surface area contributed by atoms with E-state index in [-0.39, 0.29) is 12.1 Å². The first kappa shape index (κ1) is 12.9. The van der Waals surface area contributed by atoms with Gasteiger partial charge in [0.1, 0.15) is 11.9 Å². The number of rotatable bonds is 3. The SMILES string of the molecule is COC1CCCC1Nc1nc2ccccc2cc1C#N. The number of anilines is 1. The molecule has 1 fully saturated rings. The molecule has 2 atom stereocenters. The normalized spacial score (nSPS) is 21.8. The van der Waals surface area contributed by atoms with Crippen LogP contribution >= 0.6 is 0 Å². The van der Waals surface area contributed by atoms with Crippen molar-refractivity contribution < 1.29 is 4.74 Å². The van der Waals surface area contributed by atoms with Gasteiger partial charge in [0.2, 0.25) is 0 Å². The highest BCUT2D eigenvalue weighted by Gasteiger charge is 2.27.